The number of halogens is 2. The van der Waals surface area contributed by atoms with Gasteiger partial charge in [0.1, 0.15) is 5.82 Å². The van der Waals surface area contributed by atoms with E-state index in [1.54, 1.807) is 6.07 Å². The van der Waals surface area contributed by atoms with E-state index in [-0.39, 0.29) is 11.1 Å². The van der Waals surface area contributed by atoms with Gasteiger partial charge in [-0.1, -0.05) is 47.5 Å². The van der Waals surface area contributed by atoms with Gasteiger partial charge in [0.05, 0.1) is 14.9 Å². The van der Waals surface area contributed by atoms with Crippen molar-refractivity contribution < 1.29 is 0 Å². The second kappa shape index (κ2) is 8.03. The van der Waals surface area contributed by atoms with Gasteiger partial charge >= 0.3 is 5.69 Å². The van der Waals surface area contributed by atoms with Crippen molar-refractivity contribution in [1.82, 2.24) is 14.6 Å². The number of aryl methyl sites for hydroxylation is 1. The van der Waals surface area contributed by atoms with E-state index >= 15 is 0 Å². The monoisotopic (exact) mass is 477 g/mol. The Balaban J connectivity index is 1.51. The van der Waals surface area contributed by atoms with Crippen molar-refractivity contribution in [1.29, 1.82) is 0 Å². The lowest BCUT2D eigenvalue weighted by Gasteiger charge is -2.43. The van der Waals surface area contributed by atoms with Crippen LogP contribution in [0.3, 0.4) is 0 Å². The SMILES string of the molecule is Cc1cc(N2CCC3(CCCC3N)CC2)n2[nH]c(=O)nc2c1Sc1cccc(Cl)c1Cl. The molecule has 3 aromatic rings. The molecule has 2 aromatic heterocycles. The maximum absolute atomic E-state index is 12.2. The first-order valence-electron chi connectivity index (χ1n) is 10.6. The van der Waals surface area contributed by atoms with Crippen LogP contribution >= 0.6 is 35.0 Å². The first-order chi connectivity index (χ1) is 14.9. The summed E-state index contributed by atoms with van der Waals surface area (Å²) in [4.78, 5) is 20.6. The molecule has 2 aliphatic rings. The van der Waals surface area contributed by atoms with Gasteiger partial charge in [-0.3, -0.25) is 0 Å². The standard InChI is InChI=1S/C22H25Cl2N5OS/c1-13-12-17(28-10-8-22(9-11-28)7-3-6-16(22)25)29-20(26-21(30)27-29)19(13)31-15-5-2-4-14(23)18(15)24/h2,4-5,12,16H,3,6-11,25H2,1H3,(H,27,30). The summed E-state index contributed by atoms with van der Waals surface area (Å²) < 4.78 is 1.81. The van der Waals surface area contributed by atoms with Gasteiger partial charge in [-0.05, 0) is 61.8 Å². The zero-order chi connectivity index (χ0) is 21.8. The number of nitrogens with two attached hydrogens (primary N) is 1. The molecule has 6 nitrogen and oxygen atoms in total. The van der Waals surface area contributed by atoms with Crippen molar-refractivity contribution in [2.45, 2.75) is 54.9 Å². The Morgan fingerprint density at radius 1 is 1.26 bits per heavy atom. The highest BCUT2D eigenvalue weighted by molar-refractivity contribution is 7.99. The van der Waals surface area contributed by atoms with Gasteiger partial charge in [-0.2, -0.15) is 4.98 Å². The van der Waals surface area contributed by atoms with Crippen molar-refractivity contribution >= 4 is 46.4 Å². The van der Waals surface area contributed by atoms with E-state index in [4.69, 9.17) is 28.9 Å². The fraction of sp³-hybridized carbons (Fsp3) is 0.455. The molecule has 1 atom stereocenters. The Morgan fingerprint density at radius 2 is 2.03 bits per heavy atom. The van der Waals surface area contributed by atoms with E-state index in [0.717, 1.165) is 53.5 Å². The van der Waals surface area contributed by atoms with Crippen LogP contribution in [0.1, 0.15) is 37.7 Å². The van der Waals surface area contributed by atoms with Gasteiger partial charge in [-0.25, -0.2) is 14.4 Å². The molecule has 1 unspecified atom stereocenters. The number of aromatic amines is 1. The van der Waals surface area contributed by atoms with E-state index in [1.807, 2.05) is 23.6 Å². The zero-order valence-corrected chi connectivity index (χ0v) is 19.7. The Bertz CT molecular complexity index is 1200. The minimum atomic E-state index is -0.364. The van der Waals surface area contributed by atoms with Gasteiger partial charge in [-0.15, -0.1) is 0 Å². The Kier molecular flexibility index (Phi) is 5.49. The molecule has 1 saturated carbocycles. The lowest BCUT2D eigenvalue weighted by atomic mass is 9.74. The Morgan fingerprint density at radius 3 is 2.74 bits per heavy atom. The number of benzene rings is 1. The number of anilines is 1. The van der Waals surface area contributed by atoms with Crippen LogP contribution in [-0.2, 0) is 0 Å². The van der Waals surface area contributed by atoms with Gasteiger partial charge in [0.25, 0.3) is 0 Å². The van der Waals surface area contributed by atoms with Crippen molar-refractivity contribution in [3.63, 3.8) is 0 Å². The molecule has 5 rings (SSSR count). The number of rotatable bonds is 3. The summed E-state index contributed by atoms with van der Waals surface area (Å²) >= 11 is 14.1. The van der Waals surface area contributed by atoms with E-state index in [2.05, 4.69) is 21.0 Å². The highest BCUT2D eigenvalue weighted by Gasteiger charge is 2.43. The van der Waals surface area contributed by atoms with Crippen LogP contribution in [0.2, 0.25) is 10.0 Å². The number of H-pyrrole nitrogens is 1. The van der Waals surface area contributed by atoms with Crippen LogP contribution in [0.5, 0.6) is 0 Å². The smallest absolute Gasteiger partial charge is 0.357 e. The van der Waals surface area contributed by atoms with Crippen LogP contribution in [0, 0.1) is 12.3 Å². The minimum absolute atomic E-state index is 0.284. The van der Waals surface area contributed by atoms with E-state index in [0.29, 0.717) is 21.7 Å². The summed E-state index contributed by atoms with van der Waals surface area (Å²) in [5.74, 6) is 0.963. The first-order valence-corrected chi connectivity index (χ1v) is 12.2. The molecule has 9 heteroatoms. The number of nitrogens with one attached hydrogen (secondary N) is 1. The molecule has 0 bridgehead atoms. The third-order valence-corrected chi connectivity index (χ3v) is 9.15. The Hall–Kier alpha value is -1.67. The molecule has 3 N–H and O–H groups in total. The molecule has 1 aliphatic heterocycles. The topological polar surface area (TPSA) is 79.4 Å². The molecule has 2 fully saturated rings. The predicted molar refractivity (Wildman–Crippen MR) is 127 cm³/mol. The summed E-state index contributed by atoms with van der Waals surface area (Å²) in [6.45, 7) is 3.89. The summed E-state index contributed by atoms with van der Waals surface area (Å²) in [6.07, 6.45) is 5.77. The van der Waals surface area contributed by atoms with Gasteiger partial charge in [0, 0.05) is 24.0 Å². The lowest BCUT2D eigenvalue weighted by molar-refractivity contribution is 0.197. The van der Waals surface area contributed by atoms with Crippen LogP contribution in [-0.4, -0.2) is 33.7 Å². The highest BCUT2D eigenvalue weighted by atomic mass is 35.5. The molecule has 1 aromatic carbocycles. The maximum atomic E-state index is 12.2. The fourth-order valence-electron chi connectivity index (χ4n) is 5.14. The number of hydrogen-bond acceptors (Lipinski definition) is 5. The number of pyridine rings is 1. The van der Waals surface area contributed by atoms with Crippen molar-refractivity contribution in [2.75, 3.05) is 18.0 Å². The molecule has 1 aliphatic carbocycles. The molecule has 0 radical (unpaired) electrons. The summed E-state index contributed by atoms with van der Waals surface area (Å²) in [5, 5.41) is 3.89. The molecule has 1 spiro atoms. The number of piperidine rings is 1. The lowest BCUT2D eigenvalue weighted by Crippen LogP contribution is -2.47. The largest absolute Gasteiger partial charge is 0.362 e. The van der Waals surface area contributed by atoms with Crippen molar-refractivity contribution in [2.24, 2.45) is 11.1 Å². The van der Waals surface area contributed by atoms with Crippen LogP contribution < -0.4 is 16.3 Å². The number of nitrogens with zero attached hydrogens (tertiary/aromatic N) is 3. The average Bonchev–Trinajstić information content (AvgIpc) is 3.30. The third kappa shape index (κ3) is 3.65. The van der Waals surface area contributed by atoms with Crippen molar-refractivity contribution in [3.8, 4) is 0 Å². The number of hydrogen-bond donors (Lipinski definition) is 2. The van der Waals surface area contributed by atoms with Gasteiger partial charge < -0.3 is 10.6 Å². The normalized spacial score (nSPS) is 20.8. The molecule has 1 saturated heterocycles. The van der Waals surface area contributed by atoms with E-state index in [9.17, 15) is 4.79 Å². The minimum Gasteiger partial charge on any atom is -0.357 e. The number of aromatic nitrogens is 3. The summed E-state index contributed by atoms with van der Waals surface area (Å²) in [5.41, 5.74) is 8.03. The second-order valence-corrected chi connectivity index (χ2v) is 10.5. The summed E-state index contributed by atoms with van der Waals surface area (Å²) in [6, 6.07) is 7.98. The molecule has 0 amide bonds. The average molecular weight is 478 g/mol. The summed E-state index contributed by atoms with van der Waals surface area (Å²) in [7, 11) is 0. The molecule has 3 heterocycles. The van der Waals surface area contributed by atoms with Crippen molar-refractivity contribution in [3.05, 3.63) is 50.4 Å². The second-order valence-electron chi connectivity index (χ2n) is 8.70. The first kappa shape index (κ1) is 21.2. The quantitative estimate of drug-likeness (QED) is 0.561. The fourth-order valence-corrected chi connectivity index (χ4v) is 6.62. The zero-order valence-electron chi connectivity index (χ0n) is 17.3. The maximum Gasteiger partial charge on any atom is 0.362 e. The van der Waals surface area contributed by atoms with Gasteiger partial charge in [0.15, 0.2) is 5.65 Å². The van der Waals surface area contributed by atoms with E-state index in [1.165, 1.54) is 24.6 Å². The van der Waals surface area contributed by atoms with Crippen LogP contribution in [0.4, 0.5) is 5.82 Å². The molecule has 31 heavy (non-hydrogen) atoms. The molecule has 164 valence electrons. The predicted octanol–water partition coefficient (Wildman–Crippen LogP) is 4.89. The Labute approximate surface area is 195 Å². The number of fused-ring (bicyclic) bond motifs is 1. The van der Waals surface area contributed by atoms with Crippen LogP contribution in [0.15, 0.2) is 38.9 Å². The highest BCUT2D eigenvalue weighted by Crippen LogP contribution is 2.46. The van der Waals surface area contributed by atoms with Gasteiger partial charge in [0.2, 0.25) is 0 Å². The van der Waals surface area contributed by atoms with Crippen LogP contribution in [0.25, 0.3) is 5.65 Å². The molecular weight excluding hydrogens is 453 g/mol. The van der Waals surface area contributed by atoms with E-state index < -0.39 is 0 Å². The molecular formula is C22H25Cl2N5OS. The third-order valence-electron chi connectivity index (χ3n) is 6.95.